The molecule has 136 valence electrons. The molecule has 0 aromatic rings. The smallest absolute Gasteiger partial charge is 0.342 e. The first-order valence-electron chi connectivity index (χ1n) is 9.74. The summed E-state index contributed by atoms with van der Waals surface area (Å²) in [5.41, 5.74) is 1.10. The van der Waals surface area contributed by atoms with Crippen LogP contribution < -0.4 is 0 Å². The molecular formula is C21H34O3. The molecule has 0 spiro atoms. The first-order valence-corrected chi connectivity index (χ1v) is 9.74. The highest BCUT2D eigenvalue weighted by Crippen LogP contribution is 2.22. The van der Waals surface area contributed by atoms with Gasteiger partial charge in [0.2, 0.25) is 0 Å². The Kier molecular flexibility index (Phi) is 11.2. The Bertz CT molecular complexity index is 446. The number of cyclic esters (lactones) is 2. The first-order chi connectivity index (χ1) is 11.7. The summed E-state index contributed by atoms with van der Waals surface area (Å²) in [5.74, 6) is -0.889. The summed E-state index contributed by atoms with van der Waals surface area (Å²) in [7, 11) is 0. The van der Waals surface area contributed by atoms with Crippen molar-refractivity contribution in [2.75, 3.05) is 0 Å². The Morgan fingerprint density at radius 3 is 1.71 bits per heavy atom. The minimum absolute atomic E-state index is 0.428. The standard InChI is InChI=1S/C21H34O3/c1-3-4-5-6-7-8-9-10-11-12-13-14-15-16-17-19-18(2)20(22)24-21(19)23/h3-4H,5-17H2,1-2H3. The summed E-state index contributed by atoms with van der Waals surface area (Å²) in [5, 5.41) is 0. The molecule has 0 radical (unpaired) electrons. The monoisotopic (exact) mass is 334 g/mol. The highest BCUT2D eigenvalue weighted by atomic mass is 16.6. The Morgan fingerprint density at radius 2 is 1.25 bits per heavy atom. The van der Waals surface area contributed by atoms with Gasteiger partial charge < -0.3 is 4.74 Å². The number of carbonyl (C=O) groups is 2. The van der Waals surface area contributed by atoms with Gasteiger partial charge in [-0.25, -0.2) is 9.59 Å². The zero-order valence-electron chi connectivity index (χ0n) is 15.6. The van der Waals surface area contributed by atoms with Crippen LogP contribution in [0.5, 0.6) is 0 Å². The van der Waals surface area contributed by atoms with Crippen LogP contribution in [0.25, 0.3) is 0 Å². The number of hydrogen-bond acceptors (Lipinski definition) is 3. The minimum atomic E-state index is -0.461. The molecule has 0 unspecified atom stereocenters. The van der Waals surface area contributed by atoms with E-state index in [0.717, 1.165) is 12.8 Å². The van der Waals surface area contributed by atoms with Crippen LogP contribution in [0.4, 0.5) is 0 Å². The third-order valence-corrected chi connectivity index (χ3v) is 4.72. The molecule has 0 aromatic carbocycles. The van der Waals surface area contributed by atoms with Crippen LogP contribution in [0.3, 0.4) is 0 Å². The lowest BCUT2D eigenvalue weighted by Crippen LogP contribution is -2.01. The lowest BCUT2D eigenvalue weighted by atomic mass is 10.0. The average Bonchev–Trinajstić information content (AvgIpc) is 2.81. The summed E-state index contributed by atoms with van der Waals surface area (Å²) >= 11 is 0. The molecule has 1 heterocycles. The fourth-order valence-corrected chi connectivity index (χ4v) is 3.11. The third kappa shape index (κ3) is 8.47. The normalized spacial score (nSPS) is 14.9. The summed E-state index contributed by atoms with van der Waals surface area (Å²) in [6, 6.07) is 0. The minimum Gasteiger partial charge on any atom is -0.386 e. The largest absolute Gasteiger partial charge is 0.386 e. The highest BCUT2D eigenvalue weighted by molar-refractivity contribution is 6.11. The van der Waals surface area contributed by atoms with E-state index >= 15 is 0 Å². The van der Waals surface area contributed by atoms with Crippen LogP contribution in [0, 0.1) is 0 Å². The van der Waals surface area contributed by atoms with Crippen LogP contribution in [0.15, 0.2) is 23.3 Å². The molecule has 0 saturated heterocycles. The van der Waals surface area contributed by atoms with Crippen LogP contribution in [0.1, 0.15) is 97.3 Å². The second kappa shape index (κ2) is 13.0. The van der Waals surface area contributed by atoms with Gasteiger partial charge in [0.25, 0.3) is 0 Å². The van der Waals surface area contributed by atoms with E-state index in [4.69, 9.17) is 0 Å². The van der Waals surface area contributed by atoms with Crippen molar-refractivity contribution < 1.29 is 14.3 Å². The van der Waals surface area contributed by atoms with Gasteiger partial charge in [-0.3, -0.25) is 0 Å². The van der Waals surface area contributed by atoms with Gasteiger partial charge in [-0.2, -0.15) is 0 Å². The molecule has 0 aliphatic carbocycles. The van der Waals surface area contributed by atoms with Crippen LogP contribution in [-0.4, -0.2) is 11.9 Å². The molecule has 3 heteroatoms. The zero-order valence-corrected chi connectivity index (χ0v) is 15.6. The molecule has 0 N–H and O–H groups in total. The fourth-order valence-electron chi connectivity index (χ4n) is 3.11. The predicted molar refractivity (Wildman–Crippen MR) is 98.6 cm³/mol. The van der Waals surface area contributed by atoms with Crippen molar-refractivity contribution in [1.82, 2.24) is 0 Å². The van der Waals surface area contributed by atoms with Crippen LogP contribution in [0.2, 0.25) is 0 Å². The van der Waals surface area contributed by atoms with Crippen molar-refractivity contribution in [3.8, 4) is 0 Å². The number of unbranched alkanes of at least 4 members (excludes halogenated alkanes) is 11. The number of rotatable bonds is 14. The third-order valence-electron chi connectivity index (χ3n) is 4.72. The van der Waals surface area contributed by atoms with E-state index in [1.165, 1.54) is 64.2 Å². The lowest BCUT2D eigenvalue weighted by Gasteiger charge is -2.03. The van der Waals surface area contributed by atoms with Crippen LogP contribution >= 0.6 is 0 Å². The van der Waals surface area contributed by atoms with E-state index in [-0.39, 0.29) is 0 Å². The molecule has 0 saturated carbocycles. The molecule has 0 bridgehead atoms. The van der Waals surface area contributed by atoms with Gasteiger partial charge >= 0.3 is 11.9 Å². The molecule has 1 aliphatic rings. The summed E-state index contributed by atoms with van der Waals surface area (Å²) in [6.45, 7) is 3.77. The van der Waals surface area contributed by atoms with E-state index in [2.05, 4.69) is 23.8 Å². The zero-order chi connectivity index (χ0) is 17.6. The maximum Gasteiger partial charge on any atom is 0.342 e. The summed E-state index contributed by atoms with van der Waals surface area (Å²) < 4.78 is 4.60. The molecule has 0 aromatic heterocycles. The molecule has 0 fully saturated rings. The van der Waals surface area contributed by atoms with Crippen molar-refractivity contribution in [3.05, 3.63) is 23.3 Å². The van der Waals surface area contributed by atoms with Gasteiger partial charge in [0.05, 0.1) is 0 Å². The highest BCUT2D eigenvalue weighted by Gasteiger charge is 2.28. The predicted octanol–water partition coefficient (Wildman–Crippen LogP) is 6.03. The second-order valence-corrected chi connectivity index (χ2v) is 6.78. The SMILES string of the molecule is CC=CCCCCCCCCCCCCCC1=C(C)C(=O)OC1=O. The van der Waals surface area contributed by atoms with Gasteiger partial charge in [-0.15, -0.1) is 0 Å². The number of ether oxygens (including phenoxy) is 1. The van der Waals surface area contributed by atoms with E-state index in [9.17, 15) is 9.59 Å². The van der Waals surface area contributed by atoms with Gasteiger partial charge in [0.1, 0.15) is 0 Å². The number of esters is 2. The van der Waals surface area contributed by atoms with E-state index in [0.29, 0.717) is 17.6 Å². The van der Waals surface area contributed by atoms with Gasteiger partial charge in [-0.1, -0.05) is 69.9 Å². The number of hydrogen-bond donors (Lipinski definition) is 0. The second-order valence-electron chi connectivity index (χ2n) is 6.78. The van der Waals surface area contributed by atoms with Crippen molar-refractivity contribution >= 4 is 11.9 Å². The van der Waals surface area contributed by atoms with Crippen molar-refractivity contribution in [1.29, 1.82) is 0 Å². The number of allylic oxidation sites excluding steroid dienone is 2. The Balaban J connectivity index is 1.86. The van der Waals surface area contributed by atoms with E-state index in [1.54, 1.807) is 6.92 Å². The lowest BCUT2D eigenvalue weighted by molar-refractivity contribution is -0.151. The fraction of sp³-hybridized carbons (Fsp3) is 0.714. The maximum absolute atomic E-state index is 11.5. The Labute approximate surface area is 147 Å². The molecule has 1 aliphatic heterocycles. The quantitative estimate of drug-likeness (QED) is 0.168. The van der Waals surface area contributed by atoms with Gasteiger partial charge in [-0.05, 0) is 39.5 Å². The molecule has 1 rings (SSSR count). The van der Waals surface area contributed by atoms with Crippen molar-refractivity contribution in [2.24, 2.45) is 0 Å². The molecule has 0 atom stereocenters. The molecule has 24 heavy (non-hydrogen) atoms. The van der Waals surface area contributed by atoms with Crippen LogP contribution in [-0.2, 0) is 14.3 Å². The van der Waals surface area contributed by atoms with E-state index in [1.807, 2.05) is 0 Å². The van der Waals surface area contributed by atoms with Gasteiger partial charge in [0, 0.05) is 11.1 Å². The van der Waals surface area contributed by atoms with Crippen molar-refractivity contribution in [3.63, 3.8) is 0 Å². The maximum atomic E-state index is 11.5. The molecular weight excluding hydrogens is 300 g/mol. The van der Waals surface area contributed by atoms with Gasteiger partial charge in [0.15, 0.2) is 0 Å². The molecule has 0 amide bonds. The Morgan fingerprint density at radius 1 is 0.750 bits per heavy atom. The van der Waals surface area contributed by atoms with E-state index < -0.39 is 11.9 Å². The topological polar surface area (TPSA) is 43.4 Å². The summed E-state index contributed by atoms with van der Waals surface area (Å²) in [4.78, 5) is 22.7. The number of carbonyl (C=O) groups excluding carboxylic acids is 2. The Hall–Kier alpha value is -1.38. The van der Waals surface area contributed by atoms with Crippen molar-refractivity contribution in [2.45, 2.75) is 97.3 Å². The summed E-state index contributed by atoms with van der Waals surface area (Å²) in [6.07, 6.45) is 20.4. The molecule has 3 nitrogen and oxygen atoms in total. The first kappa shape index (κ1) is 20.7. The average molecular weight is 335 g/mol.